The fourth-order valence-electron chi connectivity index (χ4n) is 3.72. The molecule has 32 heavy (non-hydrogen) atoms. The highest BCUT2D eigenvalue weighted by molar-refractivity contribution is 7.10. The lowest BCUT2D eigenvalue weighted by atomic mass is 10.0. The van der Waals surface area contributed by atoms with Crippen molar-refractivity contribution < 1.29 is 9.59 Å². The first-order valence-electron chi connectivity index (χ1n) is 10.6. The average Bonchev–Trinajstić information content (AvgIpc) is 3.53. The molecule has 0 aliphatic heterocycles. The Morgan fingerprint density at radius 2 is 1.78 bits per heavy atom. The number of carbonyl (C=O) groups excluding carboxylic acids is 2. The van der Waals surface area contributed by atoms with Gasteiger partial charge < -0.3 is 9.88 Å². The van der Waals surface area contributed by atoms with E-state index in [4.69, 9.17) is 0 Å². The Hall–Kier alpha value is -3.45. The Morgan fingerprint density at radius 3 is 2.44 bits per heavy atom. The number of rotatable bonds is 9. The molecule has 1 atom stereocenters. The summed E-state index contributed by atoms with van der Waals surface area (Å²) in [6.45, 7) is 4.13. The molecule has 0 spiro atoms. The van der Waals surface area contributed by atoms with Gasteiger partial charge in [0.15, 0.2) is 0 Å². The second-order valence-corrected chi connectivity index (χ2v) is 9.01. The first-order valence-corrected chi connectivity index (χ1v) is 11.5. The smallest absolute Gasteiger partial charge is 0.227 e. The second kappa shape index (κ2) is 9.78. The molecule has 0 fully saturated rings. The number of carbonyl (C=O) groups is 2. The van der Waals surface area contributed by atoms with Gasteiger partial charge in [0, 0.05) is 29.3 Å². The molecule has 1 N–H and O–H groups in total. The molecule has 164 valence electrons. The highest BCUT2D eigenvalue weighted by Crippen LogP contribution is 2.26. The van der Waals surface area contributed by atoms with Crippen LogP contribution in [-0.2, 0) is 16.0 Å². The van der Waals surface area contributed by atoms with Crippen molar-refractivity contribution in [2.45, 2.75) is 32.7 Å². The summed E-state index contributed by atoms with van der Waals surface area (Å²) in [6.07, 6.45) is 5.53. The van der Waals surface area contributed by atoms with Gasteiger partial charge in [0.25, 0.3) is 0 Å². The number of hydrogen-bond donors (Lipinski definition) is 1. The van der Waals surface area contributed by atoms with E-state index in [2.05, 4.69) is 24.3 Å². The van der Waals surface area contributed by atoms with Crippen LogP contribution in [0.5, 0.6) is 0 Å². The number of aromatic nitrogens is 3. The van der Waals surface area contributed by atoms with E-state index in [1.54, 1.807) is 17.5 Å². The molecule has 0 bridgehead atoms. The van der Waals surface area contributed by atoms with Crippen LogP contribution in [0.1, 0.15) is 36.8 Å². The Kier molecular flexibility index (Phi) is 6.66. The first kappa shape index (κ1) is 21.8. The summed E-state index contributed by atoms with van der Waals surface area (Å²) in [6, 6.07) is 17.5. The minimum atomic E-state index is -0.250. The lowest BCUT2D eigenvalue weighted by molar-refractivity contribution is -0.128. The van der Waals surface area contributed by atoms with Crippen LogP contribution >= 0.6 is 11.3 Å². The Morgan fingerprint density at radius 1 is 1.03 bits per heavy atom. The van der Waals surface area contributed by atoms with Crippen molar-refractivity contribution in [3.63, 3.8) is 0 Å². The molecule has 3 heterocycles. The number of Topliss-reactive ketones (excluding diaryl/α,β-unsaturated/α-hetero) is 1. The number of thiophene rings is 1. The zero-order valence-electron chi connectivity index (χ0n) is 18.1. The molecule has 4 rings (SSSR count). The van der Waals surface area contributed by atoms with E-state index < -0.39 is 0 Å². The van der Waals surface area contributed by atoms with Crippen molar-refractivity contribution in [3.8, 4) is 11.5 Å². The summed E-state index contributed by atoms with van der Waals surface area (Å²) in [4.78, 5) is 26.6. The molecule has 0 aliphatic carbocycles. The summed E-state index contributed by atoms with van der Waals surface area (Å²) in [5.74, 6) is 0.642. The SMILES string of the molecule is CC(C)[C@@H](NC(=O)CC(=O)Cc1cnn(-c2ccccc2)c1-n1cccc1)c1cccs1. The molecular formula is C25H26N4O2S. The fourth-order valence-corrected chi connectivity index (χ4v) is 4.67. The first-order chi connectivity index (χ1) is 15.5. The van der Waals surface area contributed by atoms with Crippen molar-refractivity contribution in [3.05, 3.63) is 89.0 Å². The van der Waals surface area contributed by atoms with Crippen LogP contribution in [0.15, 0.2) is 78.6 Å². The summed E-state index contributed by atoms with van der Waals surface area (Å²) in [5.41, 5.74) is 1.69. The topological polar surface area (TPSA) is 68.9 Å². The number of amides is 1. The van der Waals surface area contributed by atoms with Crippen LogP contribution in [0.2, 0.25) is 0 Å². The highest BCUT2D eigenvalue weighted by Gasteiger charge is 2.22. The van der Waals surface area contributed by atoms with E-state index in [1.165, 1.54) is 0 Å². The van der Waals surface area contributed by atoms with Gasteiger partial charge in [0.1, 0.15) is 11.6 Å². The fraction of sp³-hybridized carbons (Fsp3) is 0.240. The molecule has 0 aliphatic rings. The van der Waals surface area contributed by atoms with E-state index in [1.807, 2.05) is 81.6 Å². The van der Waals surface area contributed by atoms with Gasteiger partial charge in [-0.25, -0.2) is 4.68 Å². The minimum Gasteiger partial charge on any atom is -0.348 e. The maximum atomic E-state index is 12.8. The number of nitrogens with one attached hydrogen (secondary N) is 1. The van der Waals surface area contributed by atoms with Crippen molar-refractivity contribution in [2.24, 2.45) is 5.92 Å². The Balaban J connectivity index is 1.50. The van der Waals surface area contributed by atoms with Gasteiger partial charge in [-0.2, -0.15) is 5.10 Å². The van der Waals surface area contributed by atoms with Gasteiger partial charge in [0.05, 0.1) is 24.3 Å². The highest BCUT2D eigenvalue weighted by atomic mass is 32.1. The van der Waals surface area contributed by atoms with Gasteiger partial charge in [-0.3, -0.25) is 9.59 Å². The van der Waals surface area contributed by atoms with Crippen LogP contribution in [0.25, 0.3) is 11.5 Å². The zero-order chi connectivity index (χ0) is 22.5. The normalized spacial score (nSPS) is 12.1. The number of ketones is 1. The lowest BCUT2D eigenvalue weighted by Gasteiger charge is -2.21. The van der Waals surface area contributed by atoms with Crippen LogP contribution in [0.4, 0.5) is 0 Å². The van der Waals surface area contributed by atoms with E-state index in [0.29, 0.717) is 0 Å². The summed E-state index contributed by atoms with van der Waals surface area (Å²) < 4.78 is 3.75. The zero-order valence-corrected chi connectivity index (χ0v) is 19.0. The molecule has 3 aromatic heterocycles. The molecule has 4 aromatic rings. The predicted molar refractivity (Wildman–Crippen MR) is 126 cm³/mol. The molecule has 1 amide bonds. The van der Waals surface area contributed by atoms with Crippen molar-refractivity contribution in [2.75, 3.05) is 0 Å². The third-order valence-corrected chi connectivity index (χ3v) is 6.20. The second-order valence-electron chi connectivity index (χ2n) is 8.03. The monoisotopic (exact) mass is 446 g/mol. The summed E-state index contributed by atoms with van der Waals surface area (Å²) >= 11 is 1.61. The summed E-state index contributed by atoms with van der Waals surface area (Å²) in [5, 5.41) is 9.55. The maximum absolute atomic E-state index is 12.8. The van der Waals surface area contributed by atoms with Gasteiger partial charge in [0.2, 0.25) is 5.91 Å². The lowest BCUT2D eigenvalue weighted by Crippen LogP contribution is -2.32. The van der Waals surface area contributed by atoms with Crippen molar-refractivity contribution in [1.82, 2.24) is 19.7 Å². The molecule has 0 saturated heterocycles. The van der Waals surface area contributed by atoms with Crippen LogP contribution in [0, 0.1) is 5.92 Å². The van der Waals surface area contributed by atoms with Gasteiger partial charge in [-0.1, -0.05) is 38.1 Å². The number of hydrogen-bond acceptors (Lipinski definition) is 4. The third-order valence-electron chi connectivity index (χ3n) is 5.24. The van der Waals surface area contributed by atoms with Crippen LogP contribution in [-0.4, -0.2) is 26.0 Å². The molecule has 7 heteroatoms. The van der Waals surface area contributed by atoms with Crippen molar-refractivity contribution in [1.29, 1.82) is 0 Å². The molecule has 0 saturated carbocycles. The molecular weight excluding hydrogens is 420 g/mol. The largest absolute Gasteiger partial charge is 0.348 e. The van der Waals surface area contributed by atoms with Gasteiger partial charge in [-0.05, 0) is 41.6 Å². The van der Waals surface area contributed by atoms with E-state index in [9.17, 15) is 9.59 Å². The molecule has 1 aromatic carbocycles. The molecule has 0 unspecified atom stereocenters. The number of nitrogens with zero attached hydrogens (tertiary/aromatic N) is 3. The standard InChI is InChI=1S/C25H26N4O2S/c1-18(2)24(22-11-8-14-32-22)27-23(31)16-21(30)15-19-17-26-29(20-9-4-3-5-10-20)25(19)28-12-6-7-13-28/h3-14,17-18,24H,15-16H2,1-2H3,(H,27,31)/t24-/m1/s1. The van der Waals surface area contributed by atoms with E-state index in [-0.39, 0.29) is 36.5 Å². The van der Waals surface area contributed by atoms with E-state index >= 15 is 0 Å². The van der Waals surface area contributed by atoms with Crippen LogP contribution < -0.4 is 5.32 Å². The Bertz CT molecular complexity index is 1160. The minimum absolute atomic E-state index is 0.0911. The number of benzene rings is 1. The van der Waals surface area contributed by atoms with Crippen molar-refractivity contribution >= 4 is 23.0 Å². The average molecular weight is 447 g/mol. The van der Waals surface area contributed by atoms with Crippen LogP contribution in [0.3, 0.4) is 0 Å². The molecule has 6 nitrogen and oxygen atoms in total. The maximum Gasteiger partial charge on any atom is 0.227 e. The van der Waals surface area contributed by atoms with Gasteiger partial charge in [-0.15, -0.1) is 11.3 Å². The number of para-hydroxylation sites is 1. The molecule has 0 radical (unpaired) electrons. The summed E-state index contributed by atoms with van der Waals surface area (Å²) in [7, 11) is 0. The van der Waals surface area contributed by atoms with E-state index in [0.717, 1.165) is 21.9 Å². The predicted octanol–water partition coefficient (Wildman–Crippen LogP) is 4.74. The third kappa shape index (κ3) is 4.89. The van der Waals surface area contributed by atoms with Gasteiger partial charge >= 0.3 is 0 Å². The quantitative estimate of drug-likeness (QED) is 0.378. The Labute approximate surface area is 191 Å².